The van der Waals surface area contributed by atoms with E-state index in [1.165, 1.54) is 24.2 Å². The number of aromatic nitrogens is 1. The first-order chi connectivity index (χ1) is 10.8. The summed E-state index contributed by atoms with van der Waals surface area (Å²) >= 11 is 0. The third-order valence-corrected chi connectivity index (χ3v) is 5.30. The van der Waals surface area contributed by atoms with Crippen LogP contribution in [0.1, 0.15) is 30.6 Å². The molecule has 4 heteroatoms. The minimum atomic E-state index is 0. The van der Waals surface area contributed by atoms with Crippen molar-refractivity contribution in [1.29, 1.82) is 0 Å². The molecule has 3 heterocycles. The van der Waals surface area contributed by atoms with E-state index in [4.69, 9.17) is 0 Å². The first kappa shape index (κ1) is 16.6. The third kappa shape index (κ3) is 3.18. The summed E-state index contributed by atoms with van der Waals surface area (Å²) in [5, 5.41) is 3.54. The van der Waals surface area contributed by atoms with Gasteiger partial charge in [-0.3, -0.25) is 4.90 Å². The SMILES string of the molecule is CC1(CN2CCn3cccc3C2c2ccccc2)CCNC1.Cl. The number of fused-ring (bicyclic) bond motifs is 1. The minimum absolute atomic E-state index is 0. The highest BCUT2D eigenvalue weighted by Crippen LogP contribution is 2.36. The zero-order chi connectivity index (χ0) is 15.0. The van der Waals surface area contributed by atoms with Gasteiger partial charge in [-0.2, -0.15) is 0 Å². The van der Waals surface area contributed by atoms with Crippen molar-refractivity contribution in [3.63, 3.8) is 0 Å². The van der Waals surface area contributed by atoms with Crippen molar-refractivity contribution in [1.82, 2.24) is 14.8 Å². The highest BCUT2D eigenvalue weighted by Gasteiger charge is 2.36. The first-order valence-corrected chi connectivity index (χ1v) is 8.40. The Hall–Kier alpha value is -1.29. The fourth-order valence-corrected chi connectivity index (χ4v) is 4.11. The van der Waals surface area contributed by atoms with Gasteiger partial charge in [-0.05, 0) is 36.1 Å². The maximum absolute atomic E-state index is 3.54. The van der Waals surface area contributed by atoms with Gasteiger partial charge in [0.15, 0.2) is 0 Å². The molecular weight excluding hydrogens is 306 g/mol. The van der Waals surface area contributed by atoms with Crippen LogP contribution in [0, 0.1) is 5.41 Å². The quantitative estimate of drug-likeness (QED) is 0.931. The molecule has 0 spiro atoms. The lowest BCUT2D eigenvalue weighted by Crippen LogP contribution is -2.44. The lowest BCUT2D eigenvalue weighted by Gasteiger charge is -2.41. The van der Waals surface area contributed by atoms with Crippen LogP contribution in [0.15, 0.2) is 48.7 Å². The van der Waals surface area contributed by atoms with Crippen molar-refractivity contribution >= 4 is 12.4 Å². The van der Waals surface area contributed by atoms with E-state index in [1.807, 2.05) is 0 Å². The molecule has 23 heavy (non-hydrogen) atoms. The van der Waals surface area contributed by atoms with E-state index in [1.54, 1.807) is 0 Å². The van der Waals surface area contributed by atoms with Gasteiger partial charge in [0, 0.05) is 38.1 Å². The lowest BCUT2D eigenvalue weighted by atomic mass is 9.87. The Morgan fingerprint density at radius 3 is 2.70 bits per heavy atom. The molecule has 3 nitrogen and oxygen atoms in total. The summed E-state index contributed by atoms with van der Waals surface area (Å²) in [4.78, 5) is 2.69. The predicted octanol–water partition coefficient (Wildman–Crippen LogP) is 3.31. The van der Waals surface area contributed by atoms with Crippen molar-refractivity contribution in [3.05, 3.63) is 59.9 Å². The second-order valence-electron chi connectivity index (χ2n) is 7.15. The number of benzene rings is 1. The Morgan fingerprint density at radius 1 is 1.13 bits per heavy atom. The van der Waals surface area contributed by atoms with Crippen LogP contribution in [-0.2, 0) is 6.54 Å². The summed E-state index contributed by atoms with van der Waals surface area (Å²) in [5.74, 6) is 0. The Balaban J connectivity index is 0.00000156. The average Bonchev–Trinajstić information content (AvgIpc) is 3.17. The molecule has 1 aromatic carbocycles. The largest absolute Gasteiger partial charge is 0.348 e. The third-order valence-electron chi connectivity index (χ3n) is 5.30. The van der Waals surface area contributed by atoms with Crippen molar-refractivity contribution in [3.8, 4) is 0 Å². The summed E-state index contributed by atoms with van der Waals surface area (Å²) in [6.45, 7) is 8.15. The summed E-state index contributed by atoms with van der Waals surface area (Å²) in [5.41, 5.74) is 3.26. The fourth-order valence-electron chi connectivity index (χ4n) is 4.11. The maximum Gasteiger partial charge on any atom is 0.0756 e. The van der Waals surface area contributed by atoms with Crippen LogP contribution < -0.4 is 5.32 Å². The van der Waals surface area contributed by atoms with Gasteiger partial charge in [0.05, 0.1) is 6.04 Å². The molecule has 2 aliphatic rings. The second kappa shape index (κ2) is 6.68. The Labute approximate surface area is 145 Å². The molecule has 2 aliphatic heterocycles. The summed E-state index contributed by atoms with van der Waals surface area (Å²) < 4.78 is 2.42. The molecular formula is C19H26ClN3. The van der Waals surface area contributed by atoms with Gasteiger partial charge in [-0.1, -0.05) is 37.3 Å². The van der Waals surface area contributed by atoms with Crippen LogP contribution in [0.25, 0.3) is 0 Å². The predicted molar refractivity (Wildman–Crippen MR) is 97.1 cm³/mol. The van der Waals surface area contributed by atoms with Crippen molar-refractivity contribution in [2.45, 2.75) is 25.9 Å². The Morgan fingerprint density at radius 2 is 1.96 bits per heavy atom. The molecule has 1 aromatic heterocycles. The van der Waals surface area contributed by atoms with E-state index in [0.717, 1.165) is 26.2 Å². The summed E-state index contributed by atoms with van der Waals surface area (Å²) in [7, 11) is 0. The number of rotatable bonds is 3. The summed E-state index contributed by atoms with van der Waals surface area (Å²) in [6, 6.07) is 15.8. The normalized spacial score (nSPS) is 27.4. The van der Waals surface area contributed by atoms with Gasteiger partial charge in [-0.25, -0.2) is 0 Å². The Bertz CT molecular complexity index is 631. The minimum Gasteiger partial charge on any atom is -0.348 e. The smallest absolute Gasteiger partial charge is 0.0756 e. The Kier molecular flexibility index (Phi) is 4.81. The molecule has 0 amide bonds. The number of hydrogen-bond acceptors (Lipinski definition) is 2. The molecule has 2 atom stereocenters. The van der Waals surface area contributed by atoms with Crippen LogP contribution in [0.5, 0.6) is 0 Å². The number of hydrogen-bond donors (Lipinski definition) is 1. The van der Waals surface area contributed by atoms with E-state index >= 15 is 0 Å². The first-order valence-electron chi connectivity index (χ1n) is 8.40. The average molecular weight is 332 g/mol. The maximum atomic E-state index is 3.54. The van der Waals surface area contributed by atoms with E-state index in [9.17, 15) is 0 Å². The number of halogens is 1. The van der Waals surface area contributed by atoms with Crippen LogP contribution in [0.3, 0.4) is 0 Å². The molecule has 0 aliphatic carbocycles. The van der Waals surface area contributed by atoms with Gasteiger partial charge < -0.3 is 9.88 Å². The van der Waals surface area contributed by atoms with Gasteiger partial charge in [-0.15, -0.1) is 12.4 Å². The van der Waals surface area contributed by atoms with Crippen molar-refractivity contribution in [2.75, 3.05) is 26.2 Å². The summed E-state index contributed by atoms with van der Waals surface area (Å²) in [6.07, 6.45) is 3.51. The lowest BCUT2D eigenvalue weighted by molar-refractivity contribution is 0.120. The van der Waals surface area contributed by atoms with Gasteiger partial charge in [0.1, 0.15) is 0 Å². The molecule has 1 saturated heterocycles. The van der Waals surface area contributed by atoms with E-state index in [2.05, 4.69) is 70.4 Å². The molecule has 0 saturated carbocycles. The highest BCUT2D eigenvalue weighted by atomic mass is 35.5. The number of nitrogens with zero attached hydrogens (tertiary/aromatic N) is 2. The monoisotopic (exact) mass is 331 g/mol. The number of nitrogens with one attached hydrogen (secondary N) is 1. The second-order valence-corrected chi connectivity index (χ2v) is 7.15. The molecule has 4 rings (SSSR count). The van der Waals surface area contributed by atoms with Gasteiger partial charge >= 0.3 is 0 Å². The van der Waals surface area contributed by atoms with Gasteiger partial charge in [0.25, 0.3) is 0 Å². The van der Waals surface area contributed by atoms with Crippen LogP contribution >= 0.6 is 12.4 Å². The molecule has 2 aromatic rings. The van der Waals surface area contributed by atoms with E-state index in [0.29, 0.717) is 11.5 Å². The van der Waals surface area contributed by atoms with Crippen LogP contribution in [0.2, 0.25) is 0 Å². The van der Waals surface area contributed by atoms with Gasteiger partial charge in [0.2, 0.25) is 0 Å². The van der Waals surface area contributed by atoms with Crippen LogP contribution in [-0.4, -0.2) is 35.6 Å². The molecule has 0 bridgehead atoms. The molecule has 2 unspecified atom stereocenters. The standard InChI is InChI=1S/C19H25N3.ClH/c1-19(9-10-20-14-19)15-22-13-12-21-11-5-8-17(21)18(22)16-6-3-2-4-7-16;/h2-8,11,18,20H,9-10,12-15H2,1H3;1H. The zero-order valence-corrected chi connectivity index (χ0v) is 14.6. The van der Waals surface area contributed by atoms with E-state index < -0.39 is 0 Å². The van der Waals surface area contributed by atoms with Crippen molar-refractivity contribution in [2.24, 2.45) is 5.41 Å². The fraction of sp³-hybridized carbons (Fsp3) is 0.474. The molecule has 124 valence electrons. The van der Waals surface area contributed by atoms with Crippen molar-refractivity contribution < 1.29 is 0 Å². The van der Waals surface area contributed by atoms with Crippen LogP contribution in [0.4, 0.5) is 0 Å². The molecule has 1 N–H and O–H groups in total. The van der Waals surface area contributed by atoms with E-state index in [-0.39, 0.29) is 12.4 Å². The topological polar surface area (TPSA) is 20.2 Å². The molecule has 1 fully saturated rings. The highest BCUT2D eigenvalue weighted by molar-refractivity contribution is 5.85. The molecule has 0 radical (unpaired) electrons. The zero-order valence-electron chi connectivity index (χ0n) is 13.7.